The highest BCUT2D eigenvalue weighted by Crippen LogP contribution is 2.19. The highest BCUT2D eigenvalue weighted by Gasteiger charge is 2.35. The molecule has 1 fully saturated rings. The van der Waals surface area contributed by atoms with E-state index in [1.165, 1.54) is 0 Å². The van der Waals surface area contributed by atoms with E-state index in [0.717, 1.165) is 26.2 Å². The first kappa shape index (κ1) is 14.5. The molecule has 1 saturated heterocycles. The molecule has 4 heteroatoms. The molecule has 1 aliphatic rings. The van der Waals surface area contributed by atoms with E-state index in [2.05, 4.69) is 43.2 Å². The number of hydrogen-bond donors (Lipinski definition) is 2. The average Bonchev–Trinajstić information content (AvgIpc) is 2.24. The van der Waals surface area contributed by atoms with Crippen molar-refractivity contribution in [2.45, 2.75) is 46.2 Å². The maximum absolute atomic E-state index is 12.1. The maximum Gasteiger partial charge on any atom is 0.237 e. The van der Waals surface area contributed by atoms with Gasteiger partial charge >= 0.3 is 0 Å². The van der Waals surface area contributed by atoms with Crippen molar-refractivity contribution in [1.29, 1.82) is 0 Å². The number of carbonyl (C=O) groups excluding carboxylic acids is 1. The van der Waals surface area contributed by atoms with Crippen LogP contribution in [0.1, 0.15) is 34.6 Å². The largest absolute Gasteiger partial charge is 0.354 e. The van der Waals surface area contributed by atoms with Crippen LogP contribution in [0.15, 0.2) is 0 Å². The van der Waals surface area contributed by atoms with Crippen LogP contribution in [-0.4, -0.2) is 48.6 Å². The van der Waals surface area contributed by atoms with Crippen molar-refractivity contribution in [3.05, 3.63) is 0 Å². The minimum Gasteiger partial charge on any atom is -0.354 e. The fourth-order valence-electron chi connectivity index (χ4n) is 2.31. The van der Waals surface area contributed by atoms with Crippen LogP contribution in [0.3, 0.4) is 0 Å². The summed E-state index contributed by atoms with van der Waals surface area (Å²) >= 11 is 0. The summed E-state index contributed by atoms with van der Waals surface area (Å²) in [5.74, 6) is 0.649. The number of piperazine rings is 1. The zero-order chi connectivity index (χ0) is 13.1. The minimum absolute atomic E-state index is 0.0484. The van der Waals surface area contributed by atoms with Gasteiger partial charge in [0.25, 0.3) is 0 Å². The van der Waals surface area contributed by atoms with Gasteiger partial charge in [-0.1, -0.05) is 13.8 Å². The van der Waals surface area contributed by atoms with Crippen molar-refractivity contribution in [2.24, 2.45) is 5.92 Å². The molecular formula is C13H27N3O. The van der Waals surface area contributed by atoms with E-state index in [0.29, 0.717) is 5.92 Å². The number of amides is 1. The van der Waals surface area contributed by atoms with Crippen molar-refractivity contribution < 1.29 is 4.79 Å². The van der Waals surface area contributed by atoms with Crippen LogP contribution in [0.4, 0.5) is 0 Å². The molecule has 17 heavy (non-hydrogen) atoms. The van der Waals surface area contributed by atoms with Crippen LogP contribution in [0, 0.1) is 5.92 Å². The second-order valence-electron chi connectivity index (χ2n) is 6.00. The average molecular weight is 241 g/mol. The molecule has 0 aromatic rings. The summed E-state index contributed by atoms with van der Waals surface area (Å²) in [6.07, 6.45) is 0. The molecule has 0 aliphatic carbocycles. The lowest BCUT2D eigenvalue weighted by Gasteiger charge is -2.45. The molecule has 4 nitrogen and oxygen atoms in total. The first-order valence-corrected chi connectivity index (χ1v) is 6.60. The monoisotopic (exact) mass is 241 g/mol. The number of nitrogens with zero attached hydrogens (tertiary/aromatic N) is 1. The third kappa shape index (κ3) is 3.96. The molecule has 100 valence electrons. The van der Waals surface area contributed by atoms with Crippen molar-refractivity contribution in [1.82, 2.24) is 15.5 Å². The van der Waals surface area contributed by atoms with E-state index in [9.17, 15) is 4.79 Å². The second kappa shape index (κ2) is 5.83. The van der Waals surface area contributed by atoms with Crippen LogP contribution in [0.2, 0.25) is 0 Å². The molecule has 0 bridgehead atoms. The van der Waals surface area contributed by atoms with Gasteiger partial charge < -0.3 is 10.6 Å². The zero-order valence-electron chi connectivity index (χ0n) is 11.8. The topological polar surface area (TPSA) is 44.4 Å². The van der Waals surface area contributed by atoms with Crippen molar-refractivity contribution >= 4 is 5.91 Å². The van der Waals surface area contributed by atoms with Gasteiger partial charge in [0, 0.05) is 31.7 Å². The maximum atomic E-state index is 12.1. The summed E-state index contributed by atoms with van der Waals surface area (Å²) in [6, 6.07) is -0.0501. The summed E-state index contributed by atoms with van der Waals surface area (Å²) in [4.78, 5) is 14.4. The lowest BCUT2D eigenvalue weighted by Crippen LogP contribution is -2.63. The highest BCUT2D eigenvalue weighted by molar-refractivity contribution is 5.81. The first-order valence-electron chi connectivity index (χ1n) is 6.60. The molecule has 1 amide bonds. The number of nitrogens with one attached hydrogen (secondary N) is 2. The van der Waals surface area contributed by atoms with E-state index in [4.69, 9.17) is 0 Å². The molecule has 1 aliphatic heterocycles. The molecule has 1 rings (SSSR count). The van der Waals surface area contributed by atoms with Crippen LogP contribution >= 0.6 is 0 Å². The quantitative estimate of drug-likeness (QED) is 0.766. The lowest BCUT2D eigenvalue weighted by atomic mass is 9.97. The van der Waals surface area contributed by atoms with Crippen molar-refractivity contribution in [3.63, 3.8) is 0 Å². The Balaban J connectivity index is 2.55. The molecule has 1 unspecified atom stereocenters. The normalized spacial score (nSPS) is 22.5. The zero-order valence-corrected chi connectivity index (χ0v) is 11.8. The van der Waals surface area contributed by atoms with E-state index < -0.39 is 0 Å². The Bertz CT molecular complexity index is 263. The highest BCUT2D eigenvalue weighted by atomic mass is 16.2. The Hall–Kier alpha value is -0.610. The van der Waals surface area contributed by atoms with Gasteiger partial charge in [-0.2, -0.15) is 0 Å². The third-order valence-corrected chi connectivity index (χ3v) is 3.40. The fraction of sp³-hybridized carbons (Fsp3) is 0.923. The first-order chi connectivity index (χ1) is 7.84. The predicted molar refractivity (Wildman–Crippen MR) is 71.0 cm³/mol. The minimum atomic E-state index is -0.0501. The smallest absolute Gasteiger partial charge is 0.237 e. The molecule has 0 radical (unpaired) electrons. The Morgan fingerprint density at radius 1 is 1.41 bits per heavy atom. The van der Waals surface area contributed by atoms with Gasteiger partial charge in [-0.15, -0.1) is 0 Å². The molecule has 1 heterocycles. The summed E-state index contributed by atoms with van der Waals surface area (Å²) < 4.78 is 0. The van der Waals surface area contributed by atoms with Gasteiger partial charge in [-0.25, -0.2) is 0 Å². The van der Waals surface area contributed by atoms with E-state index in [1.54, 1.807) is 0 Å². The second-order valence-corrected chi connectivity index (χ2v) is 6.00. The fourth-order valence-corrected chi connectivity index (χ4v) is 2.31. The third-order valence-electron chi connectivity index (χ3n) is 3.40. The van der Waals surface area contributed by atoms with Crippen LogP contribution in [0.5, 0.6) is 0 Å². The number of hydrogen-bond acceptors (Lipinski definition) is 3. The summed E-state index contributed by atoms with van der Waals surface area (Å²) in [6.45, 7) is 14.2. The van der Waals surface area contributed by atoms with Crippen LogP contribution in [0.25, 0.3) is 0 Å². The summed E-state index contributed by atoms with van der Waals surface area (Å²) in [5.41, 5.74) is 0.0484. The Morgan fingerprint density at radius 3 is 2.59 bits per heavy atom. The Labute approximate surface area is 105 Å². The Kier molecular flexibility index (Phi) is 4.95. The molecule has 1 atom stereocenters. The number of carbonyl (C=O) groups is 1. The van der Waals surface area contributed by atoms with Crippen LogP contribution < -0.4 is 10.6 Å². The molecule has 0 aromatic carbocycles. The van der Waals surface area contributed by atoms with Crippen LogP contribution in [-0.2, 0) is 4.79 Å². The standard InChI is InChI=1S/C13H27N3O/c1-10(2)8-15-12(17)11(3)16-7-6-14-9-13(16,4)5/h10-11,14H,6-9H2,1-5H3,(H,15,17). The van der Waals surface area contributed by atoms with Gasteiger partial charge in [0.15, 0.2) is 0 Å². The van der Waals surface area contributed by atoms with E-state index in [1.807, 2.05) is 6.92 Å². The molecule has 0 spiro atoms. The van der Waals surface area contributed by atoms with Gasteiger partial charge in [0.2, 0.25) is 5.91 Å². The Morgan fingerprint density at radius 2 is 2.06 bits per heavy atom. The molecular weight excluding hydrogens is 214 g/mol. The summed E-state index contributed by atoms with van der Waals surface area (Å²) in [5, 5.41) is 6.39. The van der Waals surface area contributed by atoms with Gasteiger partial charge in [-0.05, 0) is 26.7 Å². The van der Waals surface area contributed by atoms with Crippen molar-refractivity contribution in [3.8, 4) is 0 Å². The lowest BCUT2D eigenvalue weighted by molar-refractivity contribution is -0.128. The SMILES string of the molecule is CC(C)CNC(=O)C(C)N1CCNCC1(C)C. The van der Waals surface area contributed by atoms with E-state index in [-0.39, 0.29) is 17.5 Å². The van der Waals surface area contributed by atoms with Gasteiger partial charge in [0.1, 0.15) is 0 Å². The van der Waals surface area contributed by atoms with E-state index >= 15 is 0 Å². The van der Waals surface area contributed by atoms with Crippen molar-refractivity contribution in [2.75, 3.05) is 26.2 Å². The molecule has 0 saturated carbocycles. The molecule has 2 N–H and O–H groups in total. The summed E-state index contributed by atoms with van der Waals surface area (Å²) in [7, 11) is 0. The molecule has 0 aromatic heterocycles. The van der Waals surface area contributed by atoms with Gasteiger partial charge in [-0.3, -0.25) is 9.69 Å². The number of rotatable bonds is 4. The van der Waals surface area contributed by atoms with Gasteiger partial charge in [0.05, 0.1) is 6.04 Å². The predicted octanol–water partition coefficient (Wildman–Crippen LogP) is 0.831.